The Balaban J connectivity index is 2.23. The van der Waals surface area contributed by atoms with Crippen molar-refractivity contribution in [3.05, 3.63) is 21.5 Å². The van der Waals surface area contributed by atoms with Crippen molar-refractivity contribution in [1.82, 2.24) is 14.7 Å². The lowest BCUT2D eigenvalue weighted by Crippen LogP contribution is -2.52. The molecule has 11 heteroatoms. The van der Waals surface area contributed by atoms with Crippen LogP contribution < -0.4 is 5.90 Å². The van der Waals surface area contributed by atoms with E-state index in [1.807, 2.05) is 0 Å². The molecular weight excluding hydrogens is 334 g/mol. The number of carbonyl (C=O) groups is 2. The van der Waals surface area contributed by atoms with Crippen LogP contribution in [0.5, 0.6) is 0 Å². The van der Waals surface area contributed by atoms with Gasteiger partial charge < -0.3 is 14.5 Å². The number of carbonyl (C=O) groups excluding carboxylic acids is 2. The molecule has 1 aliphatic heterocycles. The van der Waals surface area contributed by atoms with E-state index in [-0.39, 0.29) is 31.2 Å². The highest BCUT2D eigenvalue weighted by Gasteiger charge is 2.40. The summed E-state index contributed by atoms with van der Waals surface area (Å²) in [6, 6.07) is -0.291. The van der Waals surface area contributed by atoms with Crippen LogP contribution in [0.15, 0.2) is 0 Å². The van der Waals surface area contributed by atoms with E-state index in [1.54, 1.807) is 27.7 Å². The Morgan fingerprint density at radius 3 is 2.44 bits per heavy atom. The van der Waals surface area contributed by atoms with Gasteiger partial charge in [0.2, 0.25) is 5.69 Å². The van der Waals surface area contributed by atoms with Crippen LogP contribution in [0.2, 0.25) is 0 Å². The molecule has 1 amide bonds. The van der Waals surface area contributed by atoms with Crippen LogP contribution in [0, 0.1) is 10.1 Å². The maximum absolute atomic E-state index is 12.0. The number of aromatic nitrogens is 2. The van der Waals surface area contributed by atoms with Crippen LogP contribution >= 0.6 is 0 Å². The van der Waals surface area contributed by atoms with Crippen LogP contribution in [-0.4, -0.2) is 50.4 Å². The molecule has 1 saturated heterocycles. The molecule has 2 rings (SSSR count). The van der Waals surface area contributed by atoms with Crippen molar-refractivity contribution in [2.45, 2.75) is 45.8 Å². The predicted molar refractivity (Wildman–Crippen MR) is 84.7 cm³/mol. The number of ether oxygens (including phenoxy) is 1. The molecule has 0 aromatic carbocycles. The van der Waals surface area contributed by atoms with E-state index in [4.69, 9.17) is 10.6 Å². The summed E-state index contributed by atoms with van der Waals surface area (Å²) in [6.45, 7) is 7.55. The van der Waals surface area contributed by atoms with E-state index in [0.717, 1.165) is 0 Å². The van der Waals surface area contributed by atoms with E-state index in [1.165, 1.54) is 9.58 Å². The number of nitrogens with zero attached hydrogens (tertiary/aromatic N) is 4. The lowest BCUT2D eigenvalue weighted by Gasteiger charge is -2.40. The van der Waals surface area contributed by atoms with Crippen LogP contribution in [0.25, 0.3) is 0 Å². The summed E-state index contributed by atoms with van der Waals surface area (Å²) < 4.78 is 6.66. The fraction of sp³-hybridized carbons (Fsp3) is 0.643. The van der Waals surface area contributed by atoms with Crippen molar-refractivity contribution in [2.24, 2.45) is 5.90 Å². The molecule has 138 valence electrons. The highest BCUT2D eigenvalue weighted by Crippen LogP contribution is 2.31. The molecule has 0 bridgehead atoms. The number of likely N-dealkylation sites (tertiary alicyclic amines) is 1. The minimum Gasteiger partial charge on any atom is -0.444 e. The van der Waals surface area contributed by atoms with E-state index in [2.05, 4.69) is 9.94 Å². The quantitative estimate of drug-likeness (QED) is 0.626. The molecule has 0 atom stereocenters. The number of nitro groups is 1. The third kappa shape index (κ3) is 3.71. The van der Waals surface area contributed by atoms with E-state index in [0.29, 0.717) is 0 Å². The highest BCUT2D eigenvalue weighted by atomic mass is 16.7. The van der Waals surface area contributed by atoms with Crippen LogP contribution in [0.1, 0.15) is 49.9 Å². The zero-order valence-electron chi connectivity index (χ0n) is 14.5. The summed E-state index contributed by atoms with van der Waals surface area (Å²) in [7, 11) is 0. The average molecular weight is 355 g/mol. The lowest BCUT2D eigenvalue weighted by molar-refractivity contribution is -0.386. The smallest absolute Gasteiger partial charge is 0.410 e. The Labute approximate surface area is 143 Å². The average Bonchev–Trinajstić information content (AvgIpc) is 2.82. The lowest BCUT2D eigenvalue weighted by atomic mass is 10.1. The second kappa shape index (κ2) is 6.67. The zero-order chi connectivity index (χ0) is 18.9. The molecule has 2 heterocycles. The van der Waals surface area contributed by atoms with Crippen LogP contribution in [-0.2, 0) is 16.0 Å². The first kappa shape index (κ1) is 18.6. The number of hydrogen-bond donors (Lipinski definition) is 1. The maximum atomic E-state index is 12.0. The van der Waals surface area contributed by atoms with Gasteiger partial charge in [0.05, 0.1) is 11.0 Å². The van der Waals surface area contributed by atoms with Gasteiger partial charge in [0.1, 0.15) is 11.3 Å². The Kier molecular flexibility index (Phi) is 4.97. The molecule has 0 spiro atoms. The minimum atomic E-state index is -1.08. The third-order valence-corrected chi connectivity index (χ3v) is 3.66. The Morgan fingerprint density at radius 2 is 2.00 bits per heavy atom. The molecule has 0 unspecified atom stereocenters. The molecule has 0 saturated carbocycles. The van der Waals surface area contributed by atoms with Crippen LogP contribution in [0.3, 0.4) is 0 Å². The van der Waals surface area contributed by atoms with Crippen molar-refractivity contribution in [2.75, 3.05) is 13.1 Å². The van der Waals surface area contributed by atoms with Gasteiger partial charge in [-0.3, -0.25) is 14.8 Å². The molecule has 1 aliphatic rings. The normalized spacial score (nSPS) is 14.8. The minimum absolute atomic E-state index is 0.276. The molecular formula is C14H21N5O6. The number of nitrogens with two attached hydrogens (primary N) is 1. The van der Waals surface area contributed by atoms with Crippen molar-refractivity contribution in [3.63, 3.8) is 0 Å². The number of hydrogen-bond acceptors (Lipinski definition) is 8. The van der Waals surface area contributed by atoms with Gasteiger partial charge >= 0.3 is 17.7 Å². The summed E-state index contributed by atoms with van der Waals surface area (Å²) >= 11 is 0. The summed E-state index contributed by atoms with van der Waals surface area (Å²) in [6.07, 6.45) is -0.186. The molecule has 1 aromatic rings. The maximum Gasteiger partial charge on any atom is 0.410 e. The molecule has 1 aromatic heterocycles. The molecule has 0 radical (unpaired) electrons. The van der Waals surface area contributed by atoms with E-state index in [9.17, 15) is 19.7 Å². The Hall–Kier alpha value is -2.69. The fourth-order valence-electron chi connectivity index (χ4n) is 2.56. The largest absolute Gasteiger partial charge is 0.444 e. The first-order chi connectivity index (χ1) is 11.6. The molecule has 11 nitrogen and oxygen atoms in total. The van der Waals surface area contributed by atoms with Gasteiger partial charge in [-0.05, 0) is 27.2 Å². The van der Waals surface area contributed by atoms with Crippen molar-refractivity contribution in [3.8, 4) is 0 Å². The van der Waals surface area contributed by atoms with Crippen LogP contribution in [0.4, 0.5) is 10.5 Å². The standard InChI is InChI=1S/C14H21N5O6/c1-5-9-11(19(22)23)10(12(20)25-15)16-18(9)8-6-17(7-8)13(21)24-14(2,3)4/h8H,5-7,15H2,1-4H3. The Morgan fingerprint density at radius 1 is 1.40 bits per heavy atom. The van der Waals surface area contributed by atoms with E-state index >= 15 is 0 Å². The van der Waals surface area contributed by atoms with Gasteiger partial charge in [0.25, 0.3) is 0 Å². The Bertz CT molecular complexity index is 701. The first-order valence-corrected chi connectivity index (χ1v) is 7.73. The number of rotatable bonds is 4. The predicted octanol–water partition coefficient (Wildman–Crippen LogP) is 1.18. The summed E-state index contributed by atoms with van der Waals surface area (Å²) in [5, 5.41) is 15.3. The second-order valence-corrected chi connectivity index (χ2v) is 6.64. The SMILES string of the molecule is CCc1c([N+](=O)[O-])c(C(=O)ON)nn1C1CN(C(=O)OC(C)(C)C)C1. The van der Waals surface area contributed by atoms with Gasteiger partial charge in [0.15, 0.2) is 0 Å². The fourth-order valence-corrected chi connectivity index (χ4v) is 2.56. The summed E-state index contributed by atoms with van der Waals surface area (Å²) in [5.41, 5.74) is -1.20. The second-order valence-electron chi connectivity index (χ2n) is 6.64. The number of amides is 1. The summed E-state index contributed by atoms with van der Waals surface area (Å²) in [5.74, 6) is 3.75. The van der Waals surface area contributed by atoms with Gasteiger partial charge in [-0.2, -0.15) is 11.0 Å². The van der Waals surface area contributed by atoms with E-state index < -0.39 is 34.0 Å². The van der Waals surface area contributed by atoms with Crippen molar-refractivity contribution < 1.29 is 24.1 Å². The van der Waals surface area contributed by atoms with Crippen molar-refractivity contribution >= 4 is 17.7 Å². The molecule has 2 N–H and O–H groups in total. The third-order valence-electron chi connectivity index (χ3n) is 3.66. The van der Waals surface area contributed by atoms with Crippen molar-refractivity contribution in [1.29, 1.82) is 0 Å². The zero-order valence-corrected chi connectivity index (χ0v) is 14.5. The molecule has 25 heavy (non-hydrogen) atoms. The topological polar surface area (TPSA) is 143 Å². The van der Waals surface area contributed by atoms with Gasteiger partial charge in [-0.1, -0.05) is 6.92 Å². The van der Waals surface area contributed by atoms with Gasteiger partial charge in [-0.15, -0.1) is 0 Å². The van der Waals surface area contributed by atoms with Gasteiger partial charge in [-0.25, -0.2) is 9.59 Å². The molecule has 0 aliphatic carbocycles. The molecule has 1 fully saturated rings. The monoisotopic (exact) mass is 355 g/mol. The summed E-state index contributed by atoms with van der Waals surface area (Å²) in [4.78, 5) is 39.8. The highest BCUT2D eigenvalue weighted by molar-refractivity contribution is 5.92. The first-order valence-electron chi connectivity index (χ1n) is 7.73. The van der Waals surface area contributed by atoms with Gasteiger partial charge in [0, 0.05) is 13.1 Å².